The first-order valence-corrected chi connectivity index (χ1v) is 8.24. The fourth-order valence-corrected chi connectivity index (χ4v) is 2.76. The van der Waals surface area contributed by atoms with Gasteiger partial charge in [0.2, 0.25) is 5.88 Å². The van der Waals surface area contributed by atoms with Gasteiger partial charge >= 0.3 is 5.63 Å². The maximum Gasteiger partial charge on any atom is 0.360 e. The molecule has 0 unspecified atom stereocenters. The van der Waals surface area contributed by atoms with Gasteiger partial charge in [0.1, 0.15) is 22.9 Å². The molecule has 1 fully saturated rings. The molecule has 1 N–H and O–H groups in total. The molecule has 1 aliphatic heterocycles. The molecule has 0 bridgehead atoms. The molecule has 1 atom stereocenters. The van der Waals surface area contributed by atoms with Crippen molar-refractivity contribution in [2.75, 3.05) is 18.5 Å². The molecule has 0 radical (unpaired) electrons. The Morgan fingerprint density at radius 2 is 2.12 bits per heavy atom. The Morgan fingerprint density at radius 1 is 1.23 bits per heavy atom. The number of anilines is 1. The molecule has 0 spiro atoms. The minimum Gasteiger partial charge on any atom is -0.471 e. The van der Waals surface area contributed by atoms with Crippen molar-refractivity contribution in [3.05, 3.63) is 64.6 Å². The number of amides is 1. The topological polar surface area (TPSA) is 90.7 Å². The number of nitrogens with zero attached hydrogens (tertiary/aromatic N) is 1. The first-order chi connectivity index (χ1) is 12.7. The van der Waals surface area contributed by atoms with E-state index in [1.54, 1.807) is 42.6 Å². The van der Waals surface area contributed by atoms with Gasteiger partial charge in [0.05, 0.1) is 13.2 Å². The minimum absolute atomic E-state index is 0.0627. The number of ether oxygens (including phenoxy) is 2. The molecule has 1 aromatic carbocycles. The molecule has 7 heteroatoms. The SMILES string of the molecule is O=C(Nc1cc2ccccc2oc1=O)c1cccnc1O[C@H]1CCOC1. The quantitative estimate of drug-likeness (QED) is 0.726. The first-order valence-electron chi connectivity index (χ1n) is 8.24. The predicted molar refractivity (Wildman–Crippen MR) is 94.5 cm³/mol. The maximum atomic E-state index is 12.7. The van der Waals surface area contributed by atoms with Gasteiger partial charge in [-0.3, -0.25) is 4.79 Å². The number of benzene rings is 1. The van der Waals surface area contributed by atoms with Crippen molar-refractivity contribution < 1.29 is 18.7 Å². The van der Waals surface area contributed by atoms with E-state index in [1.165, 1.54) is 0 Å². The van der Waals surface area contributed by atoms with Crippen molar-refractivity contribution in [3.8, 4) is 5.88 Å². The summed E-state index contributed by atoms with van der Waals surface area (Å²) in [5, 5.41) is 3.30. The number of fused-ring (bicyclic) bond motifs is 1. The maximum absolute atomic E-state index is 12.7. The van der Waals surface area contributed by atoms with Crippen LogP contribution >= 0.6 is 0 Å². The van der Waals surface area contributed by atoms with Gasteiger partial charge in [-0.25, -0.2) is 9.78 Å². The van der Waals surface area contributed by atoms with Crippen LogP contribution in [-0.4, -0.2) is 30.2 Å². The fourth-order valence-electron chi connectivity index (χ4n) is 2.76. The Morgan fingerprint density at radius 3 is 2.96 bits per heavy atom. The lowest BCUT2D eigenvalue weighted by Crippen LogP contribution is -2.22. The average Bonchev–Trinajstić information content (AvgIpc) is 3.16. The standard InChI is InChI=1S/C19H16N2O5/c22-17(14-5-3-8-20-18(14)25-13-7-9-24-11-13)21-15-10-12-4-1-2-6-16(12)26-19(15)23/h1-6,8,10,13H,7,9,11H2,(H,21,22)/t13-/m0/s1. The molecule has 26 heavy (non-hydrogen) atoms. The van der Waals surface area contributed by atoms with Crippen LogP contribution in [0.3, 0.4) is 0 Å². The molecule has 0 saturated carbocycles. The zero-order valence-electron chi connectivity index (χ0n) is 13.8. The van der Waals surface area contributed by atoms with E-state index < -0.39 is 11.5 Å². The smallest absolute Gasteiger partial charge is 0.360 e. The number of pyridine rings is 1. The first kappa shape index (κ1) is 16.3. The number of carbonyl (C=O) groups is 1. The van der Waals surface area contributed by atoms with E-state index in [9.17, 15) is 9.59 Å². The lowest BCUT2D eigenvalue weighted by molar-refractivity contribution is 0.101. The molecular formula is C19H16N2O5. The van der Waals surface area contributed by atoms with E-state index in [4.69, 9.17) is 13.9 Å². The molecule has 1 amide bonds. The highest BCUT2D eigenvalue weighted by Crippen LogP contribution is 2.21. The summed E-state index contributed by atoms with van der Waals surface area (Å²) in [6.07, 6.45) is 2.15. The molecule has 1 saturated heterocycles. The lowest BCUT2D eigenvalue weighted by Gasteiger charge is -2.14. The van der Waals surface area contributed by atoms with E-state index in [-0.39, 0.29) is 23.2 Å². The summed E-state index contributed by atoms with van der Waals surface area (Å²) in [5.41, 5.74) is 0.148. The lowest BCUT2D eigenvalue weighted by atomic mass is 10.2. The van der Waals surface area contributed by atoms with Crippen LogP contribution in [0.1, 0.15) is 16.8 Å². The molecule has 132 valence electrons. The molecule has 3 aromatic rings. The van der Waals surface area contributed by atoms with Gasteiger partial charge in [0.15, 0.2) is 0 Å². The van der Waals surface area contributed by atoms with Crippen molar-refractivity contribution in [1.82, 2.24) is 4.98 Å². The van der Waals surface area contributed by atoms with E-state index >= 15 is 0 Å². The molecule has 3 heterocycles. The van der Waals surface area contributed by atoms with Crippen LogP contribution in [0.2, 0.25) is 0 Å². The Hall–Kier alpha value is -3.19. The number of aromatic nitrogens is 1. The Balaban J connectivity index is 1.60. The highest BCUT2D eigenvalue weighted by Gasteiger charge is 2.22. The van der Waals surface area contributed by atoms with Crippen LogP contribution in [0.4, 0.5) is 5.69 Å². The largest absolute Gasteiger partial charge is 0.471 e. The molecule has 1 aliphatic rings. The minimum atomic E-state index is -0.618. The number of hydrogen-bond acceptors (Lipinski definition) is 6. The van der Waals surface area contributed by atoms with Crippen LogP contribution in [-0.2, 0) is 4.74 Å². The van der Waals surface area contributed by atoms with E-state index in [0.29, 0.717) is 24.2 Å². The van der Waals surface area contributed by atoms with Crippen LogP contribution in [0.5, 0.6) is 5.88 Å². The number of carbonyl (C=O) groups excluding carboxylic acids is 1. The van der Waals surface area contributed by atoms with Gasteiger partial charge in [-0.1, -0.05) is 18.2 Å². The van der Waals surface area contributed by atoms with Gasteiger partial charge in [0.25, 0.3) is 5.91 Å². The van der Waals surface area contributed by atoms with Crippen molar-refractivity contribution in [3.63, 3.8) is 0 Å². The number of nitrogens with one attached hydrogen (secondary N) is 1. The van der Waals surface area contributed by atoms with Gasteiger partial charge in [-0.15, -0.1) is 0 Å². The summed E-state index contributed by atoms with van der Waals surface area (Å²) < 4.78 is 16.3. The molecule has 7 nitrogen and oxygen atoms in total. The summed E-state index contributed by atoms with van der Waals surface area (Å²) in [5.74, 6) is -0.278. The zero-order chi connectivity index (χ0) is 17.9. The fraction of sp³-hybridized carbons (Fsp3) is 0.211. The number of hydrogen-bond donors (Lipinski definition) is 1. The summed E-state index contributed by atoms with van der Waals surface area (Å²) in [7, 11) is 0. The number of para-hydroxylation sites is 1. The Kier molecular flexibility index (Phi) is 4.37. The highest BCUT2D eigenvalue weighted by atomic mass is 16.5. The van der Waals surface area contributed by atoms with E-state index in [2.05, 4.69) is 10.3 Å². The van der Waals surface area contributed by atoms with Crippen molar-refractivity contribution in [1.29, 1.82) is 0 Å². The van der Waals surface area contributed by atoms with Crippen molar-refractivity contribution in [2.45, 2.75) is 12.5 Å². The summed E-state index contributed by atoms with van der Waals surface area (Å²) >= 11 is 0. The second-order valence-corrected chi connectivity index (χ2v) is 5.90. The van der Waals surface area contributed by atoms with E-state index in [1.807, 2.05) is 6.07 Å². The van der Waals surface area contributed by atoms with Gasteiger partial charge < -0.3 is 19.2 Å². The van der Waals surface area contributed by atoms with Gasteiger partial charge in [-0.2, -0.15) is 0 Å². The monoisotopic (exact) mass is 352 g/mol. The Labute approximate surface area is 148 Å². The van der Waals surface area contributed by atoms with Crippen molar-refractivity contribution in [2.24, 2.45) is 0 Å². The highest BCUT2D eigenvalue weighted by molar-refractivity contribution is 6.06. The van der Waals surface area contributed by atoms with Crippen LogP contribution in [0.25, 0.3) is 11.0 Å². The van der Waals surface area contributed by atoms with Crippen LogP contribution in [0.15, 0.2) is 57.9 Å². The third-order valence-electron chi connectivity index (χ3n) is 4.07. The second-order valence-electron chi connectivity index (χ2n) is 5.90. The van der Waals surface area contributed by atoms with Crippen LogP contribution in [0, 0.1) is 0 Å². The average molecular weight is 352 g/mol. The van der Waals surface area contributed by atoms with Crippen molar-refractivity contribution >= 4 is 22.6 Å². The molecule has 2 aromatic heterocycles. The normalized spacial score (nSPS) is 16.5. The van der Waals surface area contributed by atoms with E-state index in [0.717, 1.165) is 6.42 Å². The predicted octanol–water partition coefficient (Wildman–Crippen LogP) is 2.61. The Bertz CT molecular complexity index is 1010. The summed E-state index contributed by atoms with van der Waals surface area (Å²) in [6, 6.07) is 11.9. The summed E-state index contributed by atoms with van der Waals surface area (Å²) in [6.45, 7) is 1.09. The molecular weight excluding hydrogens is 336 g/mol. The summed E-state index contributed by atoms with van der Waals surface area (Å²) in [4.78, 5) is 28.9. The number of rotatable bonds is 4. The van der Waals surface area contributed by atoms with Gasteiger partial charge in [-0.05, 0) is 24.3 Å². The third kappa shape index (κ3) is 3.29. The van der Waals surface area contributed by atoms with Crippen LogP contribution < -0.4 is 15.7 Å². The zero-order valence-corrected chi connectivity index (χ0v) is 13.8. The third-order valence-corrected chi connectivity index (χ3v) is 4.07. The molecule has 0 aliphatic carbocycles. The van der Waals surface area contributed by atoms with Gasteiger partial charge in [0, 0.05) is 18.0 Å². The second kappa shape index (κ2) is 6.97. The molecule has 4 rings (SSSR count).